The van der Waals surface area contributed by atoms with E-state index in [1.165, 1.54) is 7.11 Å². The van der Waals surface area contributed by atoms with Crippen LogP contribution in [0.2, 0.25) is 13.7 Å². The van der Waals surface area contributed by atoms with Gasteiger partial charge >= 0.3 is 0 Å². The molecule has 2 nitrogen and oxygen atoms in total. The highest BCUT2D eigenvalue weighted by atomic mass is 35.5. The Hall–Kier alpha value is -0.740. The van der Waals surface area contributed by atoms with E-state index in [4.69, 9.17) is 39.5 Å². The van der Waals surface area contributed by atoms with Crippen molar-refractivity contribution in [2.24, 2.45) is 0 Å². The van der Waals surface area contributed by atoms with Crippen LogP contribution in [-0.2, 0) is 0 Å². The fourth-order valence-corrected chi connectivity index (χ4v) is 3.10. The van der Waals surface area contributed by atoms with E-state index < -0.39 is 0 Å². The molecule has 18 heavy (non-hydrogen) atoms. The summed E-state index contributed by atoms with van der Waals surface area (Å²) in [5, 5.41) is 0.448. The zero-order chi connectivity index (χ0) is 13.3. The number of halogens is 3. The van der Waals surface area contributed by atoms with Gasteiger partial charge in [-0.05, 0) is 24.3 Å². The molecule has 0 N–H and O–H groups in total. The number of carbonyl (C=O) groups is 1. The van der Waals surface area contributed by atoms with Crippen LogP contribution in [0.4, 0.5) is 0 Å². The van der Waals surface area contributed by atoms with Gasteiger partial charge in [-0.25, -0.2) is 0 Å². The second-order valence-corrected chi connectivity index (χ2v) is 6.11. The standard InChI is InChI=1S/C12H7Cl3O2S/c1-17-9-4-6(2-3-8(9)13)11(16)7-5-10(14)18-12(7)15/h2-5H,1H3. The molecule has 2 aromatic rings. The van der Waals surface area contributed by atoms with Crippen molar-refractivity contribution in [1.29, 1.82) is 0 Å². The number of ether oxygens (including phenoxy) is 1. The molecule has 0 aliphatic carbocycles. The van der Waals surface area contributed by atoms with E-state index in [-0.39, 0.29) is 5.78 Å². The van der Waals surface area contributed by atoms with E-state index in [9.17, 15) is 4.79 Å². The number of hydrogen-bond acceptors (Lipinski definition) is 3. The van der Waals surface area contributed by atoms with Gasteiger partial charge in [0.2, 0.25) is 0 Å². The molecule has 0 unspecified atom stereocenters. The van der Waals surface area contributed by atoms with Crippen LogP contribution < -0.4 is 4.74 Å². The monoisotopic (exact) mass is 320 g/mol. The van der Waals surface area contributed by atoms with Crippen LogP contribution in [0.1, 0.15) is 15.9 Å². The number of hydrogen-bond donors (Lipinski definition) is 0. The first kappa shape index (κ1) is 13.7. The SMILES string of the molecule is COc1cc(C(=O)c2cc(Cl)sc2Cl)ccc1Cl. The van der Waals surface area contributed by atoms with Crippen molar-refractivity contribution < 1.29 is 9.53 Å². The van der Waals surface area contributed by atoms with Crippen molar-refractivity contribution in [2.75, 3.05) is 7.11 Å². The Balaban J connectivity index is 2.43. The number of thiophene rings is 1. The van der Waals surface area contributed by atoms with Gasteiger partial charge in [0, 0.05) is 5.56 Å². The Labute approximate surface area is 123 Å². The molecule has 1 aromatic heterocycles. The third-order valence-electron chi connectivity index (χ3n) is 2.31. The van der Waals surface area contributed by atoms with Crippen molar-refractivity contribution in [3.8, 4) is 5.75 Å². The van der Waals surface area contributed by atoms with Gasteiger partial charge in [0.15, 0.2) is 5.78 Å². The lowest BCUT2D eigenvalue weighted by atomic mass is 10.1. The summed E-state index contributed by atoms with van der Waals surface area (Å²) in [6.45, 7) is 0. The van der Waals surface area contributed by atoms with Crippen molar-refractivity contribution in [3.05, 3.63) is 49.1 Å². The lowest BCUT2D eigenvalue weighted by Crippen LogP contribution is -2.00. The quantitative estimate of drug-likeness (QED) is 0.748. The number of benzene rings is 1. The maximum atomic E-state index is 12.2. The average molecular weight is 322 g/mol. The van der Waals surface area contributed by atoms with Crippen molar-refractivity contribution in [1.82, 2.24) is 0 Å². The molecule has 1 heterocycles. The number of rotatable bonds is 3. The fourth-order valence-electron chi connectivity index (χ4n) is 1.45. The van der Waals surface area contributed by atoms with Gasteiger partial charge in [-0.3, -0.25) is 4.79 Å². The lowest BCUT2D eigenvalue weighted by Gasteiger charge is -2.05. The Kier molecular flexibility index (Phi) is 4.17. The second kappa shape index (κ2) is 5.49. The zero-order valence-electron chi connectivity index (χ0n) is 9.17. The minimum Gasteiger partial charge on any atom is -0.495 e. The minimum absolute atomic E-state index is 0.210. The minimum atomic E-state index is -0.210. The molecule has 0 amide bonds. The lowest BCUT2D eigenvalue weighted by molar-refractivity contribution is 0.103. The van der Waals surface area contributed by atoms with Crippen LogP contribution in [0.5, 0.6) is 5.75 Å². The van der Waals surface area contributed by atoms with Gasteiger partial charge in [-0.15, -0.1) is 11.3 Å². The topological polar surface area (TPSA) is 26.3 Å². The summed E-state index contributed by atoms with van der Waals surface area (Å²) >= 11 is 18.8. The van der Waals surface area contributed by atoms with Gasteiger partial charge in [0.25, 0.3) is 0 Å². The highest BCUT2D eigenvalue weighted by Gasteiger charge is 2.17. The van der Waals surface area contributed by atoms with Gasteiger partial charge in [0.1, 0.15) is 10.1 Å². The maximum absolute atomic E-state index is 12.2. The van der Waals surface area contributed by atoms with E-state index in [1.54, 1.807) is 24.3 Å². The van der Waals surface area contributed by atoms with E-state index in [0.29, 0.717) is 30.6 Å². The third-order valence-corrected chi connectivity index (χ3v) is 4.11. The van der Waals surface area contributed by atoms with Crippen molar-refractivity contribution in [3.63, 3.8) is 0 Å². The first-order chi connectivity index (χ1) is 8.52. The van der Waals surface area contributed by atoms with Crippen molar-refractivity contribution >= 4 is 51.9 Å². The summed E-state index contributed by atoms with van der Waals surface area (Å²) in [6.07, 6.45) is 0. The molecule has 1 aromatic carbocycles. The maximum Gasteiger partial charge on any atom is 0.195 e. The molecule has 6 heteroatoms. The second-order valence-electron chi connectivity index (χ2n) is 3.42. The van der Waals surface area contributed by atoms with Crippen LogP contribution in [0.15, 0.2) is 24.3 Å². The van der Waals surface area contributed by atoms with Crippen LogP contribution >= 0.6 is 46.1 Å². The molecule has 0 aliphatic heterocycles. The zero-order valence-corrected chi connectivity index (χ0v) is 12.3. The smallest absolute Gasteiger partial charge is 0.195 e. The Morgan fingerprint density at radius 3 is 2.50 bits per heavy atom. The van der Waals surface area contributed by atoms with Gasteiger partial charge in [-0.2, -0.15) is 0 Å². The molecule has 0 saturated heterocycles. The van der Waals surface area contributed by atoms with E-state index in [2.05, 4.69) is 0 Å². The van der Waals surface area contributed by atoms with Gasteiger partial charge < -0.3 is 4.74 Å². The summed E-state index contributed by atoms with van der Waals surface area (Å²) in [5.41, 5.74) is 0.837. The average Bonchev–Trinajstić information content (AvgIpc) is 2.68. The molecule has 0 spiro atoms. The van der Waals surface area contributed by atoms with Crippen molar-refractivity contribution in [2.45, 2.75) is 0 Å². The molecule has 0 bridgehead atoms. The fraction of sp³-hybridized carbons (Fsp3) is 0.0833. The molecular weight excluding hydrogens is 315 g/mol. The molecule has 94 valence electrons. The Morgan fingerprint density at radius 1 is 1.22 bits per heavy atom. The predicted octanol–water partition coefficient (Wildman–Crippen LogP) is 4.95. The Morgan fingerprint density at radius 2 is 1.94 bits per heavy atom. The van der Waals surface area contributed by atoms with Crippen LogP contribution in [0.25, 0.3) is 0 Å². The van der Waals surface area contributed by atoms with E-state index >= 15 is 0 Å². The summed E-state index contributed by atoms with van der Waals surface area (Å²) < 4.78 is 5.92. The largest absolute Gasteiger partial charge is 0.495 e. The number of carbonyl (C=O) groups excluding carboxylic acids is 1. The summed E-state index contributed by atoms with van der Waals surface area (Å²) in [4.78, 5) is 12.2. The third kappa shape index (κ3) is 2.64. The highest BCUT2D eigenvalue weighted by Crippen LogP contribution is 2.33. The Bertz CT molecular complexity index is 607. The first-order valence-corrected chi connectivity index (χ1v) is 6.81. The van der Waals surface area contributed by atoms with Gasteiger partial charge in [-0.1, -0.05) is 34.8 Å². The summed E-state index contributed by atoms with van der Waals surface area (Å²) in [5.74, 6) is 0.234. The highest BCUT2D eigenvalue weighted by molar-refractivity contribution is 7.20. The normalized spacial score (nSPS) is 10.4. The first-order valence-electron chi connectivity index (χ1n) is 4.86. The van der Waals surface area contributed by atoms with Gasteiger partial charge in [0.05, 0.1) is 22.0 Å². The van der Waals surface area contributed by atoms with Crippen LogP contribution in [0, 0.1) is 0 Å². The van der Waals surface area contributed by atoms with Crippen LogP contribution in [-0.4, -0.2) is 12.9 Å². The van der Waals surface area contributed by atoms with E-state index in [1.807, 2.05) is 0 Å². The predicted molar refractivity (Wildman–Crippen MR) is 75.8 cm³/mol. The molecule has 0 saturated carbocycles. The summed E-state index contributed by atoms with van der Waals surface area (Å²) in [6, 6.07) is 6.36. The number of ketones is 1. The number of methoxy groups -OCH3 is 1. The van der Waals surface area contributed by atoms with E-state index in [0.717, 1.165) is 11.3 Å². The summed E-state index contributed by atoms with van der Waals surface area (Å²) in [7, 11) is 1.49. The molecule has 0 atom stereocenters. The molecule has 0 fully saturated rings. The molecule has 0 radical (unpaired) electrons. The molecular formula is C12H7Cl3O2S. The van der Waals surface area contributed by atoms with Crippen LogP contribution in [0.3, 0.4) is 0 Å². The molecule has 0 aliphatic rings. The molecule has 2 rings (SSSR count).